The minimum absolute atomic E-state index is 0.0528. The highest BCUT2D eigenvalue weighted by atomic mass is 16.5. The summed E-state index contributed by atoms with van der Waals surface area (Å²) in [6, 6.07) is 0. The zero-order valence-electron chi connectivity index (χ0n) is 11.6. The third-order valence-corrected chi connectivity index (χ3v) is 5.56. The zero-order valence-corrected chi connectivity index (χ0v) is 11.6. The topological polar surface area (TPSA) is 69.6 Å². The molecule has 3 aliphatic rings. The first kappa shape index (κ1) is 13.1. The van der Waals surface area contributed by atoms with Crippen LogP contribution in [-0.4, -0.2) is 29.4 Å². The predicted octanol–water partition coefficient (Wildman–Crippen LogP) is 0.783. The lowest BCUT2D eigenvalue weighted by molar-refractivity contribution is -0.331. The van der Waals surface area contributed by atoms with Crippen molar-refractivity contribution in [2.75, 3.05) is 6.61 Å². The van der Waals surface area contributed by atoms with E-state index in [1.54, 1.807) is 0 Å². The maximum absolute atomic E-state index is 11.3. The molecule has 4 atom stereocenters. The van der Waals surface area contributed by atoms with Crippen LogP contribution in [0.5, 0.6) is 0 Å². The van der Waals surface area contributed by atoms with Crippen LogP contribution in [-0.2, 0) is 9.53 Å². The average molecular weight is 265 g/mol. The first-order chi connectivity index (χ1) is 8.89. The molecular weight excluding hydrogens is 244 g/mol. The Bertz CT molecular complexity index is 451. The Balaban J connectivity index is 1.99. The molecule has 0 aromatic carbocycles. The van der Waals surface area contributed by atoms with Crippen LogP contribution in [0.15, 0.2) is 11.1 Å². The van der Waals surface area contributed by atoms with Gasteiger partial charge in [-0.3, -0.25) is 0 Å². The summed E-state index contributed by atoms with van der Waals surface area (Å²) in [6.45, 7) is 4.82. The van der Waals surface area contributed by atoms with Gasteiger partial charge in [0.2, 0.25) is 0 Å². The highest BCUT2D eigenvalue weighted by Gasteiger charge is 2.58. The zero-order chi connectivity index (χ0) is 13.8. The van der Waals surface area contributed by atoms with Crippen LogP contribution >= 0.6 is 0 Å². The largest absolute Gasteiger partial charge is 0.547 e. The first-order valence-corrected chi connectivity index (χ1v) is 7.11. The second kappa shape index (κ2) is 4.06. The van der Waals surface area contributed by atoms with Gasteiger partial charge in [0.05, 0.1) is 18.7 Å². The lowest BCUT2D eigenvalue weighted by Gasteiger charge is -2.34. The van der Waals surface area contributed by atoms with Crippen molar-refractivity contribution in [2.24, 2.45) is 11.3 Å². The lowest BCUT2D eigenvalue weighted by Crippen LogP contribution is -2.55. The summed E-state index contributed by atoms with van der Waals surface area (Å²) in [4.78, 5) is 11.3. The molecule has 1 saturated heterocycles. The van der Waals surface area contributed by atoms with E-state index in [4.69, 9.17) is 4.74 Å². The smallest absolute Gasteiger partial charge is 0.130 e. The van der Waals surface area contributed by atoms with Crippen LogP contribution in [0.3, 0.4) is 0 Å². The van der Waals surface area contributed by atoms with Crippen LogP contribution < -0.4 is 5.11 Å². The fraction of sp³-hybridized carbons (Fsp3) is 0.800. The standard InChI is InChI=1S/C15H22O4/c1-9(2)10-3-5-14-7-12(19-8-14)15(18,13(16)17)6-4-11(10)14/h11-12,18H,3-8H2,1-2H3,(H,16,17)/p-1/t11-,12+,14+,15+/m0/s1. The fourth-order valence-corrected chi connectivity index (χ4v) is 4.42. The van der Waals surface area contributed by atoms with E-state index in [9.17, 15) is 15.0 Å². The molecule has 4 heteroatoms. The van der Waals surface area contributed by atoms with Gasteiger partial charge >= 0.3 is 0 Å². The molecule has 2 aliphatic carbocycles. The van der Waals surface area contributed by atoms with E-state index in [2.05, 4.69) is 13.8 Å². The number of carboxylic acids is 1. The van der Waals surface area contributed by atoms with Gasteiger partial charge in [0.15, 0.2) is 0 Å². The molecule has 3 rings (SSSR count). The number of rotatable bonds is 1. The van der Waals surface area contributed by atoms with Crippen molar-refractivity contribution in [2.45, 2.75) is 57.7 Å². The lowest BCUT2D eigenvalue weighted by atomic mass is 9.74. The van der Waals surface area contributed by atoms with Gasteiger partial charge in [0, 0.05) is 5.41 Å². The fourth-order valence-electron chi connectivity index (χ4n) is 4.42. The Kier molecular flexibility index (Phi) is 2.81. The van der Waals surface area contributed by atoms with Crippen molar-refractivity contribution in [1.82, 2.24) is 0 Å². The summed E-state index contributed by atoms with van der Waals surface area (Å²) in [5.74, 6) is -1.01. The second-order valence-corrected chi connectivity index (χ2v) is 6.69. The second-order valence-electron chi connectivity index (χ2n) is 6.69. The minimum atomic E-state index is -1.80. The van der Waals surface area contributed by atoms with E-state index in [-0.39, 0.29) is 11.8 Å². The number of carbonyl (C=O) groups excluding carboxylic acids is 1. The van der Waals surface area contributed by atoms with Crippen LogP contribution in [0, 0.1) is 11.3 Å². The minimum Gasteiger partial charge on any atom is -0.547 e. The molecule has 2 saturated carbocycles. The first-order valence-electron chi connectivity index (χ1n) is 7.11. The molecule has 1 heterocycles. The molecule has 106 valence electrons. The van der Waals surface area contributed by atoms with E-state index in [1.807, 2.05) is 0 Å². The normalized spacial score (nSPS) is 44.9. The van der Waals surface area contributed by atoms with Crippen LogP contribution in [0.4, 0.5) is 0 Å². The third kappa shape index (κ3) is 1.69. The average Bonchev–Trinajstić information content (AvgIpc) is 2.89. The van der Waals surface area contributed by atoms with Gasteiger partial charge in [-0.05, 0) is 51.9 Å². The summed E-state index contributed by atoms with van der Waals surface area (Å²) in [6.07, 6.45) is 3.16. The van der Waals surface area contributed by atoms with Crippen LogP contribution in [0.1, 0.15) is 46.0 Å². The Morgan fingerprint density at radius 2 is 2.16 bits per heavy atom. The number of hydrogen-bond donors (Lipinski definition) is 1. The van der Waals surface area contributed by atoms with Crippen molar-refractivity contribution in [1.29, 1.82) is 0 Å². The molecule has 0 aromatic rings. The molecule has 4 nitrogen and oxygen atoms in total. The summed E-state index contributed by atoms with van der Waals surface area (Å²) in [7, 11) is 0. The SMILES string of the molecule is CC(C)=C1CC[C@]23CO[C@H](C2)[C@@](O)(C(=O)[O-])CC[C@@H]13. The molecule has 1 spiro atoms. The maximum Gasteiger partial charge on any atom is 0.130 e. The molecule has 19 heavy (non-hydrogen) atoms. The van der Waals surface area contributed by atoms with E-state index >= 15 is 0 Å². The van der Waals surface area contributed by atoms with Crippen molar-refractivity contribution in [3.8, 4) is 0 Å². The number of aliphatic hydroxyl groups is 1. The third-order valence-electron chi connectivity index (χ3n) is 5.56. The van der Waals surface area contributed by atoms with Crippen LogP contribution in [0.25, 0.3) is 0 Å². The Labute approximate surface area is 113 Å². The summed E-state index contributed by atoms with van der Waals surface area (Å²) in [5.41, 5.74) is 1.04. The number of hydrogen-bond acceptors (Lipinski definition) is 4. The van der Waals surface area contributed by atoms with Crippen molar-refractivity contribution >= 4 is 5.97 Å². The molecule has 2 bridgehead atoms. The van der Waals surface area contributed by atoms with Gasteiger partial charge in [0.25, 0.3) is 0 Å². The molecule has 3 fully saturated rings. The quantitative estimate of drug-likeness (QED) is 0.711. The van der Waals surface area contributed by atoms with Crippen molar-refractivity contribution in [3.63, 3.8) is 0 Å². The summed E-state index contributed by atoms with van der Waals surface area (Å²) < 4.78 is 5.67. The molecule has 0 unspecified atom stereocenters. The molecule has 0 radical (unpaired) electrons. The number of fused-ring (bicyclic) bond motifs is 1. The molecule has 0 aromatic heterocycles. The number of ether oxygens (including phenoxy) is 1. The molecule has 0 amide bonds. The Morgan fingerprint density at radius 1 is 1.42 bits per heavy atom. The van der Waals surface area contributed by atoms with Gasteiger partial charge < -0.3 is 19.7 Å². The van der Waals surface area contributed by atoms with E-state index in [0.717, 1.165) is 19.3 Å². The van der Waals surface area contributed by atoms with Gasteiger partial charge in [-0.1, -0.05) is 11.1 Å². The van der Waals surface area contributed by atoms with Gasteiger partial charge in [0.1, 0.15) is 5.60 Å². The highest BCUT2D eigenvalue weighted by Crippen LogP contribution is 2.59. The molecule has 1 aliphatic heterocycles. The number of aliphatic carboxylic acids is 1. The van der Waals surface area contributed by atoms with Crippen molar-refractivity contribution < 1.29 is 19.7 Å². The van der Waals surface area contributed by atoms with E-state index in [0.29, 0.717) is 18.9 Å². The summed E-state index contributed by atoms with van der Waals surface area (Å²) >= 11 is 0. The van der Waals surface area contributed by atoms with Gasteiger partial charge in [-0.25, -0.2) is 0 Å². The Hall–Kier alpha value is -0.870. The number of carboxylic acid groups (broad SMARTS) is 1. The van der Waals surface area contributed by atoms with Crippen LogP contribution in [0.2, 0.25) is 0 Å². The number of carbonyl (C=O) groups is 1. The van der Waals surface area contributed by atoms with E-state index < -0.39 is 17.7 Å². The molecular formula is C15H21O4-. The highest BCUT2D eigenvalue weighted by molar-refractivity contribution is 5.76. The Morgan fingerprint density at radius 3 is 2.79 bits per heavy atom. The number of allylic oxidation sites excluding steroid dienone is 2. The van der Waals surface area contributed by atoms with Crippen molar-refractivity contribution in [3.05, 3.63) is 11.1 Å². The predicted molar refractivity (Wildman–Crippen MR) is 67.1 cm³/mol. The summed E-state index contributed by atoms with van der Waals surface area (Å²) in [5, 5.41) is 21.7. The van der Waals surface area contributed by atoms with Gasteiger partial charge in [-0.2, -0.15) is 0 Å². The monoisotopic (exact) mass is 265 g/mol. The maximum atomic E-state index is 11.3. The van der Waals surface area contributed by atoms with E-state index in [1.165, 1.54) is 11.1 Å². The van der Waals surface area contributed by atoms with Gasteiger partial charge in [-0.15, -0.1) is 0 Å². The molecule has 1 N–H and O–H groups in total.